The Balaban J connectivity index is 1.50. The molecule has 2 fully saturated rings. The van der Waals surface area contributed by atoms with Crippen molar-refractivity contribution in [3.63, 3.8) is 0 Å². The van der Waals surface area contributed by atoms with E-state index < -0.39 is 6.04 Å². The predicted molar refractivity (Wildman–Crippen MR) is 108 cm³/mol. The summed E-state index contributed by atoms with van der Waals surface area (Å²) in [4.78, 5) is 30.0. The van der Waals surface area contributed by atoms with Crippen LogP contribution in [0.2, 0.25) is 0 Å². The lowest BCUT2D eigenvalue weighted by Crippen LogP contribution is -2.53. The van der Waals surface area contributed by atoms with Gasteiger partial charge in [-0.1, -0.05) is 43.5 Å². The van der Waals surface area contributed by atoms with Crippen LogP contribution in [-0.2, 0) is 27.3 Å². The highest BCUT2D eigenvalue weighted by molar-refractivity contribution is 5.86. The van der Waals surface area contributed by atoms with Gasteiger partial charge in [-0.05, 0) is 42.7 Å². The summed E-state index contributed by atoms with van der Waals surface area (Å²) in [5, 5.41) is 0. The number of hydrogen-bond acceptors (Lipinski definition) is 4. The van der Waals surface area contributed by atoms with Crippen molar-refractivity contribution >= 4 is 11.9 Å². The second-order valence-electron chi connectivity index (χ2n) is 8.70. The van der Waals surface area contributed by atoms with Crippen LogP contribution in [-0.4, -0.2) is 54.0 Å². The van der Waals surface area contributed by atoms with Crippen LogP contribution in [0.25, 0.3) is 0 Å². The molecule has 1 aliphatic heterocycles. The number of fused-ring (bicyclic) bond motifs is 1. The van der Waals surface area contributed by atoms with E-state index in [1.165, 1.54) is 52.1 Å². The molecule has 5 nitrogen and oxygen atoms in total. The van der Waals surface area contributed by atoms with E-state index in [1.807, 2.05) is 12.1 Å². The normalized spacial score (nSPS) is 22.8. The Hall–Kier alpha value is -1.88. The Kier molecular flexibility index (Phi) is 6.00. The van der Waals surface area contributed by atoms with Gasteiger partial charge in [-0.25, -0.2) is 4.79 Å². The van der Waals surface area contributed by atoms with Gasteiger partial charge in [0.15, 0.2) is 0 Å². The van der Waals surface area contributed by atoms with E-state index in [0.29, 0.717) is 25.6 Å². The molecule has 1 aromatic rings. The summed E-state index contributed by atoms with van der Waals surface area (Å²) in [7, 11) is 1.41. The number of carbonyl (C=O) groups is 2. The Morgan fingerprint density at radius 2 is 1.79 bits per heavy atom. The van der Waals surface area contributed by atoms with Gasteiger partial charge in [-0.2, -0.15) is 0 Å². The van der Waals surface area contributed by atoms with Crippen LogP contribution in [0, 0.1) is 5.92 Å². The van der Waals surface area contributed by atoms with Crippen molar-refractivity contribution in [1.82, 2.24) is 9.80 Å². The summed E-state index contributed by atoms with van der Waals surface area (Å²) in [5.41, 5.74) is 2.28. The first-order valence-electron chi connectivity index (χ1n) is 10.8. The highest BCUT2D eigenvalue weighted by Gasteiger charge is 2.37. The predicted octanol–water partition coefficient (Wildman–Crippen LogP) is 3.16. The number of methoxy groups -OCH3 is 1. The van der Waals surface area contributed by atoms with Gasteiger partial charge in [0.2, 0.25) is 5.91 Å². The van der Waals surface area contributed by atoms with Crippen LogP contribution in [0.1, 0.15) is 56.1 Å². The fraction of sp³-hybridized carbons (Fsp3) is 0.652. The molecule has 5 heteroatoms. The Morgan fingerprint density at radius 3 is 2.46 bits per heavy atom. The third-order valence-corrected chi connectivity index (χ3v) is 6.66. The number of carbonyl (C=O) groups excluding carboxylic acids is 2. The first-order chi connectivity index (χ1) is 13.7. The summed E-state index contributed by atoms with van der Waals surface area (Å²) in [6, 6.07) is 8.11. The minimum Gasteiger partial charge on any atom is -0.467 e. The van der Waals surface area contributed by atoms with Gasteiger partial charge in [0.25, 0.3) is 0 Å². The molecule has 2 saturated carbocycles. The molecular weight excluding hydrogens is 352 g/mol. The summed E-state index contributed by atoms with van der Waals surface area (Å²) in [6.45, 7) is 1.96. The van der Waals surface area contributed by atoms with Crippen molar-refractivity contribution in [3.8, 4) is 0 Å². The molecule has 0 radical (unpaired) electrons. The van der Waals surface area contributed by atoms with Gasteiger partial charge < -0.3 is 9.64 Å². The summed E-state index contributed by atoms with van der Waals surface area (Å²) < 4.78 is 5.03. The molecule has 0 N–H and O–H groups in total. The molecule has 3 aliphatic rings. The largest absolute Gasteiger partial charge is 0.467 e. The minimum atomic E-state index is -0.512. The second-order valence-corrected chi connectivity index (χ2v) is 8.70. The summed E-state index contributed by atoms with van der Waals surface area (Å²) in [6.07, 6.45) is 9.37. The van der Waals surface area contributed by atoms with Gasteiger partial charge in [-0.15, -0.1) is 0 Å². The van der Waals surface area contributed by atoms with E-state index in [0.717, 1.165) is 23.6 Å². The lowest BCUT2D eigenvalue weighted by molar-refractivity contribution is -0.154. The zero-order valence-electron chi connectivity index (χ0n) is 16.9. The van der Waals surface area contributed by atoms with Crippen molar-refractivity contribution in [2.24, 2.45) is 5.92 Å². The van der Waals surface area contributed by atoms with Crippen molar-refractivity contribution in [2.45, 2.75) is 70.0 Å². The van der Waals surface area contributed by atoms with Gasteiger partial charge in [0.05, 0.1) is 13.7 Å². The first-order valence-corrected chi connectivity index (χ1v) is 10.8. The molecule has 28 heavy (non-hydrogen) atoms. The smallest absolute Gasteiger partial charge is 0.328 e. The van der Waals surface area contributed by atoms with E-state index in [-0.39, 0.29) is 11.9 Å². The molecule has 1 unspecified atom stereocenters. The van der Waals surface area contributed by atoms with Crippen LogP contribution in [0.15, 0.2) is 24.3 Å². The van der Waals surface area contributed by atoms with E-state index in [4.69, 9.17) is 4.74 Å². The second kappa shape index (κ2) is 8.64. The maximum Gasteiger partial charge on any atom is 0.328 e. The van der Waals surface area contributed by atoms with Crippen LogP contribution in [0.4, 0.5) is 0 Å². The van der Waals surface area contributed by atoms with Crippen LogP contribution < -0.4 is 0 Å². The molecule has 1 atom stereocenters. The highest BCUT2D eigenvalue weighted by atomic mass is 16.5. The van der Waals surface area contributed by atoms with E-state index in [1.54, 1.807) is 4.90 Å². The van der Waals surface area contributed by atoms with Crippen molar-refractivity contribution < 1.29 is 14.3 Å². The highest BCUT2D eigenvalue weighted by Crippen LogP contribution is 2.33. The van der Waals surface area contributed by atoms with Gasteiger partial charge in [0, 0.05) is 25.6 Å². The molecule has 2 aliphatic carbocycles. The minimum absolute atomic E-state index is 0.0659. The Bertz CT molecular complexity index is 710. The Morgan fingerprint density at radius 1 is 1.07 bits per heavy atom. The van der Waals surface area contributed by atoms with Gasteiger partial charge in [-0.3, -0.25) is 9.69 Å². The number of hydrogen-bond donors (Lipinski definition) is 0. The lowest BCUT2D eigenvalue weighted by Gasteiger charge is -2.39. The Labute approximate surface area is 168 Å². The van der Waals surface area contributed by atoms with E-state index in [2.05, 4.69) is 17.0 Å². The molecule has 1 amide bonds. The molecular formula is C23H32N2O3. The van der Waals surface area contributed by atoms with Crippen molar-refractivity contribution in [2.75, 3.05) is 20.2 Å². The van der Waals surface area contributed by atoms with Crippen LogP contribution >= 0.6 is 0 Å². The number of esters is 1. The summed E-state index contributed by atoms with van der Waals surface area (Å²) >= 11 is 0. The molecule has 1 heterocycles. The standard InChI is InChI=1S/C23H32N2O3/c1-28-23(27)21-13-18-7-5-6-8-19(18)15-25(21)22(26)16-24(14-17-11-12-17)20-9-3-2-4-10-20/h5-8,17,20-21H,2-4,9-16H2,1H3. The number of amides is 1. The SMILES string of the molecule is COC(=O)C1Cc2ccccc2CN1C(=O)CN(CC1CC1)C1CCCCC1. The maximum absolute atomic E-state index is 13.4. The summed E-state index contributed by atoms with van der Waals surface area (Å²) in [5.74, 6) is 0.513. The third-order valence-electron chi connectivity index (χ3n) is 6.66. The van der Waals surface area contributed by atoms with Crippen molar-refractivity contribution in [3.05, 3.63) is 35.4 Å². The molecule has 4 rings (SSSR count). The fourth-order valence-electron chi connectivity index (χ4n) is 4.82. The number of ether oxygens (including phenoxy) is 1. The average molecular weight is 385 g/mol. The van der Waals surface area contributed by atoms with Crippen LogP contribution in [0.3, 0.4) is 0 Å². The molecule has 0 saturated heterocycles. The zero-order chi connectivity index (χ0) is 19.5. The fourth-order valence-corrected chi connectivity index (χ4v) is 4.82. The van der Waals surface area contributed by atoms with E-state index in [9.17, 15) is 9.59 Å². The van der Waals surface area contributed by atoms with Crippen molar-refractivity contribution in [1.29, 1.82) is 0 Å². The number of benzene rings is 1. The third kappa shape index (κ3) is 4.40. The van der Waals surface area contributed by atoms with Gasteiger partial charge in [0.1, 0.15) is 6.04 Å². The maximum atomic E-state index is 13.4. The number of nitrogens with zero attached hydrogens (tertiary/aromatic N) is 2. The monoisotopic (exact) mass is 384 g/mol. The van der Waals surface area contributed by atoms with E-state index >= 15 is 0 Å². The lowest BCUT2D eigenvalue weighted by atomic mass is 9.93. The quantitative estimate of drug-likeness (QED) is 0.707. The topological polar surface area (TPSA) is 49.9 Å². The average Bonchev–Trinajstić information content (AvgIpc) is 3.56. The molecule has 1 aromatic carbocycles. The molecule has 0 bridgehead atoms. The van der Waals surface area contributed by atoms with Crippen LogP contribution in [0.5, 0.6) is 0 Å². The zero-order valence-corrected chi connectivity index (χ0v) is 16.9. The first kappa shape index (κ1) is 19.4. The number of rotatable bonds is 6. The van der Waals surface area contributed by atoms with Gasteiger partial charge >= 0.3 is 5.97 Å². The molecule has 152 valence electrons. The molecule has 0 spiro atoms. The molecule has 0 aromatic heterocycles.